The van der Waals surface area contributed by atoms with Crippen molar-refractivity contribution in [2.45, 2.75) is 6.18 Å². The maximum absolute atomic E-state index is 12.9. The first-order valence-electron chi connectivity index (χ1n) is 5.70. The highest BCUT2D eigenvalue weighted by Gasteiger charge is 2.36. The fourth-order valence-electron chi connectivity index (χ4n) is 1.97. The molecular formula is C12H9F3N2O4. The summed E-state index contributed by atoms with van der Waals surface area (Å²) in [6.45, 7) is -0.565. The Hall–Kier alpha value is -2.58. The number of rotatable bonds is 2. The number of hydrogen-bond acceptors (Lipinski definition) is 4. The molecule has 0 aromatic heterocycles. The molecular weight excluding hydrogens is 293 g/mol. The van der Waals surface area contributed by atoms with Gasteiger partial charge in [-0.3, -0.25) is 14.9 Å². The summed E-state index contributed by atoms with van der Waals surface area (Å²) in [6.07, 6.45) is -4.86. The number of alkyl halides is 3. The minimum absolute atomic E-state index is 0.0458. The Labute approximate surface area is 116 Å². The van der Waals surface area contributed by atoms with Gasteiger partial charge in [-0.15, -0.1) is 0 Å². The van der Waals surface area contributed by atoms with Gasteiger partial charge in [-0.05, 0) is 18.2 Å². The number of carbonyl (C=O) groups is 3. The number of anilines is 1. The van der Waals surface area contributed by atoms with Crippen molar-refractivity contribution < 1.29 is 32.7 Å². The number of imide groups is 1. The monoisotopic (exact) mass is 302 g/mol. The lowest BCUT2D eigenvalue weighted by atomic mass is 10.1. The molecule has 0 spiro atoms. The molecule has 2 rings (SSSR count). The first-order valence-corrected chi connectivity index (χ1v) is 5.70. The molecule has 9 heteroatoms. The van der Waals surface area contributed by atoms with Crippen LogP contribution < -0.4 is 10.2 Å². The van der Waals surface area contributed by atoms with Crippen molar-refractivity contribution in [2.75, 3.05) is 18.0 Å². The molecule has 0 bridgehead atoms. The van der Waals surface area contributed by atoms with E-state index in [1.54, 1.807) is 0 Å². The molecule has 1 aliphatic rings. The van der Waals surface area contributed by atoms with Crippen molar-refractivity contribution in [3.8, 4) is 0 Å². The van der Waals surface area contributed by atoms with E-state index in [9.17, 15) is 27.6 Å². The van der Waals surface area contributed by atoms with Crippen LogP contribution in [0.15, 0.2) is 18.2 Å². The van der Waals surface area contributed by atoms with Gasteiger partial charge in [-0.25, -0.2) is 4.79 Å². The average Bonchev–Trinajstić information content (AvgIpc) is 2.35. The normalized spacial score (nSPS) is 15.9. The highest BCUT2D eigenvalue weighted by Crippen LogP contribution is 2.34. The number of amides is 2. The maximum Gasteiger partial charge on any atom is 0.417 e. The van der Waals surface area contributed by atoms with Gasteiger partial charge in [0.05, 0.1) is 24.2 Å². The van der Waals surface area contributed by atoms with Gasteiger partial charge in [0.1, 0.15) is 0 Å². The molecule has 1 saturated heterocycles. The minimum Gasteiger partial charge on any atom is -0.478 e. The smallest absolute Gasteiger partial charge is 0.417 e. The summed E-state index contributed by atoms with van der Waals surface area (Å²) in [5.41, 5.74) is -2.26. The Morgan fingerprint density at radius 2 is 1.76 bits per heavy atom. The lowest BCUT2D eigenvalue weighted by Crippen LogP contribution is -2.51. The Balaban J connectivity index is 2.44. The quantitative estimate of drug-likeness (QED) is 0.792. The van der Waals surface area contributed by atoms with E-state index in [0.717, 1.165) is 17.0 Å². The molecule has 1 fully saturated rings. The molecule has 1 heterocycles. The third-order valence-electron chi connectivity index (χ3n) is 2.85. The molecule has 6 nitrogen and oxygen atoms in total. The second kappa shape index (κ2) is 5.08. The number of hydrogen-bond donors (Lipinski definition) is 2. The van der Waals surface area contributed by atoms with Gasteiger partial charge in [0.15, 0.2) is 0 Å². The van der Waals surface area contributed by atoms with E-state index in [-0.39, 0.29) is 18.8 Å². The van der Waals surface area contributed by atoms with Crippen LogP contribution in [-0.4, -0.2) is 36.0 Å². The predicted molar refractivity (Wildman–Crippen MR) is 63.8 cm³/mol. The van der Waals surface area contributed by atoms with Crippen molar-refractivity contribution in [1.29, 1.82) is 0 Å². The highest BCUT2D eigenvalue weighted by molar-refractivity contribution is 6.02. The average molecular weight is 302 g/mol. The van der Waals surface area contributed by atoms with Gasteiger partial charge in [0, 0.05) is 5.69 Å². The van der Waals surface area contributed by atoms with Gasteiger partial charge in [0.2, 0.25) is 11.8 Å². The predicted octanol–water partition coefficient (Wildman–Crippen LogP) is 0.866. The fraction of sp³-hybridized carbons (Fsp3) is 0.250. The van der Waals surface area contributed by atoms with Crippen LogP contribution in [0.1, 0.15) is 15.9 Å². The van der Waals surface area contributed by atoms with Gasteiger partial charge in [-0.2, -0.15) is 13.2 Å². The summed E-state index contributed by atoms with van der Waals surface area (Å²) in [7, 11) is 0. The van der Waals surface area contributed by atoms with Crippen LogP contribution in [0.4, 0.5) is 18.9 Å². The van der Waals surface area contributed by atoms with Gasteiger partial charge in [0.25, 0.3) is 0 Å². The molecule has 2 N–H and O–H groups in total. The Morgan fingerprint density at radius 3 is 2.24 bits per heavy atom. The zero-order chi connectivity index (χ0) is 15.8. The van der Waals surface area contributed by atoms with Crippen molar-refractivity contribution in [2.24, 2.45) is 0 Å². The lowest BCUT2D eigenvalue weighted by Gasteiger charge is -2.28. The van der Waals surface area contributed by atoms with Gasteiger partial charge in [-0.1, -0.05) is 0 Å². The highest BCUT2D eigenvalue weighted by atomic mass is 19.4. The number of halogens is 3. The first kappa shape index (κ1) is 14.8. The summed E-state index contributed by atoms with van der Waals surface area (Å²) >= 11 is 0. The number of piperazine rings is 1. The standard InChI is InChI=1S/C12H9F3N2O4/c13-12(14,15)8-3-6(1-2-7(8)11(20)21)17-4-9(18)16-10(19)5-17/h1-3H,4-5H2,(H,20,21)(H,16,18,19). The van der Waals surface area contributed by atoms with Crippen molar-refractivity contribution in [1.82, 2.24) is 5.32 Å². The van der Waals surface area contributed by atoms with Crippen molar-refractivity contribution in [3.63, 3.8) is 0 Å². The van der Waals surface area contributed by atoms with Crippen LogP contribution >= 0.6 is 0 Å². The number of nitrogens with zero attached hydrogens (tertiary/aromatic N) is 1. The summed E-state index contributed by atoms with van der Waals surface area (Å²) in [5, 5.41) is 10.8. The molecule has 1 aromatic carbocycles. The molecule has 1 aromatic rings. The summed E-state index contributed by atoms with van der Waals surface area (Å²) in [6, 6.07) is 2.55. The first-order chi connectivity index (χ1) is 9.68. The molecule has 21 heavy (non-hydrogen) atoms. The van der Waals surface area contributed by atoms with E-state index in [4.69, 9.17) is 5.11 Å². The molecule has 112 valence electrons. The number of benzene rings is 1. The summed E-state index contributed by atoms with van der Waals surface area (Å²) < 4.78 is 38.6. The second-order valence-electron chi connectivity index (χ2n) is 4.36. The molecule has 0 unspecified atom stereocenters. The number of carbonyl (C=O) groups excluding carboxylic acids is 2. The molecule has 2 amide bonds. The third kappa shape index (κ3) is 3.12. The van der Waals surface area contributed by atoms with Crippen LogP contribution in [0.2, 0.25) is 0 Å². The number of carboxylic acids is 1. The fourth-order valence-corrected chi connectivity index (χ4v) is 1.97. The zero-order valence-corrected chi connectivity index (χ0v) is 10.4. The van der Waals surface area contributed by atoms with E-state index < -0.39 is 35.1 Å². The van der Waals surface area contributed by atoms with E-state index in [0.29, 0.717) is 6.07 Å². The lowest BCUT2D eigenvalue weighted by molar-refractivity contribution is -0.138. The van der Waals surface area contributed by atoms with E-state index in [1.807, 2.05) is 5.32 Å². The van der Waals surface area contributed by atoms with Gasteiger partial charge >= 0.3 is 12.1 Å². The molecule has 0 aliphatic carbocycles. The van der Waals surface area contributed by atoms with Crippen LogP contribution in [0.25, 0.3) is 0 Å². The van der Waals surface area contributed by atoms with Gasteiger partial charge < -0.3 is 10.0 Å². The third-order valence-corrected chi connectivity index (χ3v) is 2.85. The van der Waals surface area contributed by atoms with Crippen molar-refractivity contribution >= 4 is 23.5 Å². The number of nitrogens with one attached hydrogen (secondary N) is 1. The Kier molecular flexibility index (Phi) is 3.58. The van der Waals surface area contributed by atoms with Crippen molar-refractivity contribution in [3.05, 3.63) is 29.3 Å². The maximum atomic E-state index is 12.9. The second-order valence-corrected chi connectivity index (χ2v) is 4.36. The largest absolute Gasteiger partial charge is 0.478 e. The van der Waals surface area contributed by atoms with E-state index in [1.165, 1.54) is 0 Å². The van der Waals surface area contributed by atoms with Crippen LogP contribution in [0, 0.1) is 0 Å². The zero-order valence-electron chi connectivity index (χ0n) is 10.4. The van der Waals surface area contributed by atoms with E-state index in [2.05, 4.69) is 0 Å². The van der Waals surface area contributed by atoms with Crippen LogP contribution in [0.5, 0.6) is 0 Å². The molecule has 1 aliphatic heterocycles. The summed E-state index contributed by atoms with van der Waals surface area (Å²) in [5.74, 6) is -2.98. The summed E-state index contributed by atoms with van der Waals surface area (Å²) in [4.78, 5) is 34.4. The molecule has 0 radical (unpaired) electrons. The minimum atomic E-state index is -4.86. The van der Waals surface area contributed by atoms with Crippen LogP contribution in [0.3, 0.4) is 0 Å². The molecule has 0 atom stereocenters. The van der Waals surface area contributed by atoms with Crippen LogP contribution in [-0.2, 0) is 15.8 Å². The topological polar surface area (TPSA) is 86.7 Å². The SMILES string of the molecule is O=C1CN(c2ccc(C(=O)O)c(C(F)(F)F)c2)CC(=O)N1. The van der Waals surface area contributed by atoms with E-state index >= 15 is 0 Å². The number of aromatic carboxylic acids is 1. The number of carboxylic acid groups (broad SMARTS) is 1. The Morgan fingerprint density at radius 1 is 1.19 bits per heavy atom. The molecule has 0 saturated carbocycles. The Bertz CT molecular complexity index is 611.